The number of phenolic OH excluding ortho intramolecular Hbond substituents is 1. The smallest absolute Gasteiger partial charge is 0.233 e. The Labute approximate surface area is 155 Å². The van der Waals surface area contributed by atoms with E-state index in [0.717, 1.165) is 21.9 Å². The summed E-state index contributed by atoms with van der Waals surface area (Å²) in [6, 6.07) is 15.5. The number of nitrogens with one attached hydrogen (secondary N) is 1. The molecule has 4 rings (SSSR count). The molecule has 0 fully saturated rings. The van der Waals surface area contributed by atoms with Gasteiger partial charge in [0, 0.05) is 5.92 Å². The van der Waals surface area contributed by atoms with Crippen molar-refractivity contribution in [3.8, 4) is 5.75 Å². The van der Waals surface area contributed by atoms with Crippen LogP contribution in [0, 0.1) is 5.41 Å². The largest absolute Gasteiger partial charge is 0.508 e. The van der Waals surface area contributed by atoms with E-state index < -0.39 is 5.41 Å². The molecular weight excluding hydrogens is 344 g/mol. The van der Waals surface area contributed by atoms with Gasteiger partial charge in [0.25, 0.3) is 0 Å². The van der Waals surface area contributed by atoms with Crippen LogP contribution in [-0.2, 0) is 11.2 Å². The molecule has 2 N–H and O–H groups in total. The molecular formula is C21H22N2O2S. The third-order valence-electron chi connectivity index (χ3n) is 5.37. The number of nitrogens with zero attached hydrogens (tertiary/aromatic N) is 1. The zero-order valence-corrected chi connectivity index (χ0v) is 15.7. The van der Waals surface area contributed by atoms with Crippen molar-refractivity contribution in [2.45, 2.75) is 19.3 Å². The molecule has 1 heterocycles. The normalized spacial score (nSPS) is 26.8. The van der Waals surface area contributed by atoms with Gasteiger partial charge in [-0.1, -0.05) is 36.4 Å². The number of amides is 1. The van der Waals surface area contributed by atoms with E-state index in [2.05, 4.69) is 34.1 Å². The van der Waals surface area contributed by atoms with E-state index in [1.54, 1.807) is 12.1 Å². The van der Waals surface area contributed by atoms with Crippen molar-refractivity contribution in [2.24, 2.45) is 10.4 Å². The number of benzene rings is 2. The lowest BCUT2D eigenvalue weighted by molar-refractivity contribution is -0.128. The standard InChI is InChI=1S/C21H22N2O2S/c1-21(19(25)23-20-22-10-11-26(20)2)13-15-8-9-16(24)12-17(15)18(21)14-6-4-3-5-7-14/h3-9,11-12,18,24H,10,13H2,1-2H3,(H,22,23,25)/t18-,21+,26?/m1/s1. The van der Waals surface area contributed by atoms with E-state index >= 15 is 0 Å². The zero-order valence-electron chi connectivity index (χ0n) is 14.9. The molecule has 1 aliphatic carbocycles. The van der Waals surface area contributed by atoms with E-state index in [1.165, 1.54) is 0 Å². The Morgan fingerprint density at radius 2 is 2.04 bits per heavy atom. The fourth-order valence-corrected chi connectivity index (χ4v) is 5.02. The van der Waals surface area contributed by atoms with Crippen molar-refractivity contribution in [1.29, 1.82) is 0 Å². The molecule has 0 spiro atoms. The van der Waals surface area contributed by atoms with Crippen molar-refractivity contribution < 1.29 is 9.90 Å². The highest BCUT2D eigenvalue weighted by Gasteiger charge is 2.49. The van der Waals surface area contributed by atoms with Gasteiger partial charge in [-0.05, 0) is 53.8 Å². The highest BCUT2D eigenvalue weighted by molar-refractivity contribution is 8.27. The van der Waals surface area contributed by atoms with Crippen LogP contribution in [0.3, 0.4) is 0 Å². The van der Waals surface area contributed by atoms with Gasteiger partial charge >= 0.3 is 0 Å². The van der Waals surface area contributed by atoms with Gasteiger partial charge in [-0.3, -0.25) is 9.79 Å². The summed E-state index contributed by atoms with van der Waals surface area (Å²) in [5, 5.41) is 16.0. The minimum Gasteiger partial charge on any atom is -0.508 e. The van der Waals surface area contributed by atoms with Crippen molar-refractivity contribution in [1.82, 2.24) is 5.32 Å². The lowest BCUT2D eigenvalue weighted by Gasteiger charge is -2.31. The molecule has 1 unspecified atom stereocenters. The number of rotatable bonds is 2. The maximum Gasteiger partial charge on any atom is 0.233 e. The van der Waals surface area contributed by atoms with Gasteiger partial charge in [-0.25, -0.2) is 0 Å². The first-order valence-electron chi connectivity index (χ1n) is 8.70. The van der Waals surface area contributed by atoms with Gasteiger partial charge in [-0.2, -0.15) is 0 Å². The summed E-state index contributed by atoms with van der Waals surface area (Å²) < 4.78 is 0. The molecule has 0 saturated heterocycles. The predicted molar refractivity (Wildman–Crippen MR) is 108 cm³/mol. The Morgan fingerprint density at radius 3 is 2.73 bits per heavy atom. The molecule has 0 saturated carbocycles. The average Bonchev–Trinajstić information content (AvgIpc) is 3.16. The minimum atomic E-state index is -0.632. The van der Waals surface area contributed by atoms with Gasteiger partial charge in [0.05, 0.1) is 12.0 Å². The molecule has 1 aliphatic heterocycles. The van der Waals surface area contributed by atoms with Crippen LogP contribution in [0.25, 0.3) is 0 Å². The molecule has 1 amide bonds. The summed E-state index contributed by atoms with van der Waals surface area (Å²) in [5.74, 6) is 0.130. The van der Waals surface area contributed by atoms with Gasteiger partial charge in [0.15, 0.2) is 5.17 Å². The molecule has 2 aromatic rings. The third-order valence-corrected chi connectivity index (χ3v) is 6.86. The first kappa shape index (κ1) is 17.0. The number of hydrogen-bond acceptors (Lipinski definition) is 3. The Morgan fingerprint density at radius 1 is 1.27 bits per heavy atom. The Hall–Kier alpha value is -2.40. The zero-order chi connectivity index (χ0) is 18.3. The maximum atomic E-state index is 13.3. The number of aliphatic imine (C=N–C) groups is 1. The van der Waals surface area contributed by atoms with E-state index in [9.17, 15) is 9.90 Å². The van der Waals surface area contributed by atoms with Crippen LogP contribution in [0.15, 0.2) is 53.5 Å². The van der Waals surface area contributed by atoms with E-state index in [1.807, 2.05) is 31.2 Å². The van der Waals surface area contributed by atoms with Crippen LogP contribution in [0.5, 0.6) is 5.75 Å². The molecule has 3 atom stereocenters. The van der Waals surface area contributed by atoms with Crippen LogP contribution in [0.2, 0.25) is 0 Å². The second kappa shape index (κ2) is 6.40. The van der Waals surface area contributed by atoms with Crippen molar-refractivity contribution in [3.63, 3.8) is 0 Å². The fourth-order valence-electron chi connectivity index (χ4n) is 4.03. The number of aromatic hydroxyl groups is 1. The fraction of sp³-hybridized carbons (Fsp3) is 0.286. The first-order valence-corrected chi connectivity index (χ1v) is 10.4. The molecule has 0 aromatic heterocycles. The highest BCUT2D eigenvalue weighted by Crippen LogP contribution is 2.51. The SMILES string of the molecule is CS1=CCN=C1NC(=O)[C@@]1(C)Cc2ccc(O)cc2[C@H]1c1ccccc1. The van der Waals surface area contributed by atoms with Crippen LogP contribution >= 0.6 is 10.5 Å². The maximum absolute atomic E-state index is 13.3. The summed E-state index contributed by atoms with van der Waals surface area (Å²) in [7, 11) is -0.106. The van der Waals surface area contributed by atoms with E-state index in [0.29, 0.717) is 13.0 Å². The lowest BCUT2D eigenvalue weighted by Crippen LogP contribution is -2.44. The molecule has 0 bridgehead atoms. The van der Waals surface area contributed by atoms with Gasteiger partial charge in [-0.15, -0.1) is 10.5 Å². The molecule has 134 valence electrons. The average molecular weight is 366 g/mol. The van der Waals surface area contributed by atoms with E-state index in [-0.39, 0.29) is 28.1 Å². The summed E-state index contributed by atoms with van der Waals surface area (Å²) in [4.78, 5) is 17.8. The number of amidine groups is 1. The number of carbonyl (C=O) groups is 1. The lowest BCUT2D eigenvalue weighted by atomic mass is 9.73. The predicted octanol–water partition coefficient (Wildman–Crippen LogP) is 3.27. The summed E-state index contributed by atoms with van der Waals surface area (Å²) >= 11 is 0. The summed E-state index contributed by atoms with van der Waals surface area (Å²) in [6.07, 6.45) is 2.72. The highest BCUT2D eigenvalue weighted by atomic mass is 32.2. The van der Waals surface area contributed by atoms with Crippen molar-refractivity contribution in [3.05, 3.63) is 65.2 Å². The van der Waals surface area contributed by atoms with Crippen LogP contribution in [0.4, 0.5) is 0 Å². The molecule has 2 aliphatic rings. The molecule has 0 radical (unpaired) electrons. The Kier molecular flexibility index (Phi) is 4.19. The van der Waals surface area contributed by atoms with Crippen molar-refractivity contribution in [2.75, 3.05) is 12.8 Å². The second-order valence-corrected chi connectivity index (χ2v) is 8.98. The number of phenols is 1. The van der Waals surface area contributed by atoms with E-state index in [4.69, 9.17) is 0 Å². The third kappa shape index (κ3) is 2.76. The summed E-state index contributed by atoms with van der Waals surface area (Å²) in [5.41, 5.74) is 2.60. The molecule has 26 heavy (non-hydrogen) atoms. The first-order chi connectivity index (χ1) is 12.5. The van der Waals surface area contributed by atoms with Gasteiger partial charge < -0.3 is 10.4 Å². The summed E-state index contributed by atoms with van der Waals surface area (Å²) in [6.45, 7) is 2.69. The van der Waals surface area contributed by atoms with Gasteiger partial charge in [0.2, 0.25) is 5.91 Å². The van der Waals surface area contributed by atoms with Crippen LogP contribution < -0.4 is 5.32 Å². The van der Waals surface area contributed by atoms with Gasteiger partial charge in [0.1, 0.15) is 5.75 Å². The molecule has 5 heteroatoms. The second-order valence-electron chi connectivity index (χ2n) is 7.15. The van der Waals surface area contributed by atoms with Crippen LogP contribution in [-0.4, -0.2) is 34.3 Å². The molecule has 4 nitrogen and oxygen atoms in total. The minimum absolute atomic E-state index is 0.00422. The molecule has 2 aromatic carbocycles. The quantitative estimate of drug-likeness (QED) is 0.802. The monoisotopic (exact) mass is 366 g/mol. The van der Waals surface area contributed by atoms with Crippen molar-refractivity contribution >= 4 is 26.9 Å². The van der Waals surface area contributed by atoms with Crippen LogP contribution in [0.1, 0.15) is 29.5 Å². The number of fused-ring (bicyclic) bond motifs is 1. The number of carbonyl (C=O) groups excluding carboxylic acids is 1. The number of hydrogen-bond donors (Lipinski definition) is 2. The Bertz CT molecular complexity index is 936. The Balaban J connectivity index is 1.76. The topological polar surface area (TPSA) is 61.7 Å².